The molecular weight excluding hydrogens is 216 g/mol. The van der Waals surface area contributed by atoms with Gasteiger partial charge in [0.05, 0.1) is 23.5 Å². The summed E-state index contributed by atoms with van der Waals surface area (Å²) in [6.07, 6.45) is 0. The van der Waals surface area contributed by atoms with Gasteiger partial charge in [-0.1, -0.05) is 19.9 Å². The molecule has 0 bridgehead atoms. The molecule has 0 aliphatic rings. The number of para-hydroxylation sites is 1. The lowest BCUT2D eigenvalue weighted by atomic mass is 10.1. The van der Waals surface area contributed by atoms with Crippen LogP contribution >= 0.6 is 0 Å². The third kappa shape index (κ3) is 3.66. The number of nitrogens with two attached hydrogens (primary N) is 1. The zero-order valence-electron chi connectivity index (χ0n) is 10.6. The van der Waals surface area contributed by atoms with Crippen molar-refractivity contribution in [1.82, 2.24) is 0 Å². The smallest absolute Gasteiger partial charge is 0.340 e. The number of carbonyl (C=O) groups is 1. The van der Waals surface area contributed by atoms with Crippen LogP contribution in [0, 0.1) is 5.92 Å². The molecule has 0 fully saturated rings. The van der Waals surface area contributed by atoms with Crippen LogP contribution in [0.2, 0.25) is 0 Å². The Morgan fingerprint density at radius 1 is 1.47 bits per heavy atom. The molecule has 0 radical (unpaired) electrons. The van der Waals surface area contributed by atoms with Crippen molar-refractivity contribution >= 4 is 17.3 Å². The van der Waals surface area contributed by atoms with Gasteiger partial charge in [0.1, 0.15) is 0 Å². The molecular formula is C13H20N2O2. The van der Waals surface area contributed by atoms with E-state index < -0.39 is 0 Å². The molecule has 4 nitrogen and oxygen atoms in total. The largest absolute Gasteiger partial charge is 0.462 e. The Hall–Kier alpha value is -1.71. The van der Waals surface area contributed by atoms with Crippen molar-refractivity contribution in [2.24, 2.45) is 5.92 Å². The Bertz CT molecular complexity index is 389. The van der Waals surface area contributed by atoms with E-state index in [2.05, 4.69) is 19.2 Å². The van der Waals surface area contributed by atoms with Crippen LogP contribution in [-0.2, 0) is 4.74 Å². The summed E-state index contributed by atoms with van der Waals surface area (Å²) < 4.78 is 4.94. The Kier molecular flexibility index (Phi) is 4.82. The van der Waals surface area contributed by atoms with Gasteiger partial charge in [0.25, 0.3) is 0 Å². The highest BCUT2D eigenvalue weighted by molar-refractivity contribution is 5.98. The number of nitrogen functional groups attached to an aromatic ring is 1. The summed E-state index contributed by atoms with van der Waals surface area (Å²) in [6.45, 7) is 7.16. The molecule has 4 heteroatoms. The number of hydrogen-bond acceptors (Lipinski definition) is 4. The quantitative estimate of drug-likeness (QED) is 0.609. The van der Waals surface area contributed by atoms with Crippen LogP contribution in [0.1, 0.15) is 31.1 Å². The highest BCUT2D eigenvalue weighted by Gasteiger charge is 2.13. The molecule has 3 N–H and O–H groups in total. The summed E-state index contributed by atoms with van der Waals surface area (Å²) >= 11 is 0. The Labute approximate surface area is 102 Å². The minimum Gasteiger partial charge on any atom is -0.462 e. The standard InChI is InChI=1S/C13H20N2O2/c1-4-17-13(16)10-6-5-7-11(12(10)14)15-8-9(2)3/h5-7,9,15H,4,8,14H2,1-3H3. The first-order valence-corrected chi connectivity index (χ1v) is 5.85. The summed E-state index contributed by atoms with van der Waals surface area (Å²) in [6, 6.07) is 5.33. The van der Waals surface area contributed by atoms with Gasteiger partial charge in [-0.05, 0) is 25.0 Å². The number of esters is 1. The van der Waals surface area contributed by atoms with Gasteiger partial charge in [0.15, 0.2) is 0 Å². The van der Waals surface area contributed by atoms with Crippen molar-refractivity contribution in [3.05, 3.63) is 23.8 Å². The fourth-order valence-corrected chi connectivity index (χ4v) is 1.42. The van der Waals surface area contributed by atoms with E-state index in [-0.39, 0.29) is 5.97 Å². The van der Waals surface area contributed by atoms with Crippen LogP contribution < -0.4 is 11.1 Å². The van der Waals surface area contributed by atoms with Crippen LogP contribution in [0.4, 0.5) is 11.4 Å². The van der Waals surface area contributed by atoms with Gasteiger partial charge >= 0.3 is 5.97 Å². The minimum atomic E-state index is -0.377. The molecule has 0 amide bonds. The number of benzene rings is 1. The van der Waals surface area contributed by atoms with Gasteiger partial charge < -0.3 is 15.8 Å². The summed E-state index contributed by atoms with van der Waals surface area (Å²) in [4.78, 5) is 11.6. The average molecular weight is 236 g/mol. The fourth-order valence-electron chi connectivity index (χ4n) is 1.42. The molecule has 1 rings (SSSR count). The number of anilines is 2. The van der Waals surface area contributed by atoms with Gasteiger partial charge in [-0.2, -0.15) is 0 Å². The zero-order chi connectivity index (χ0) is 12.8. The van der Waals surface area contributed by atoms with E-state index in [1.54, 1.807) is 19.1 Å². The zero-order valence-corrected chi connectivity index (χ0v) is 10.6. The minimum absolute atomic E-state index is 0.349. The molecule has 0 unspecified atom stereocenters. The van der Waals surface area contributed by atoms with E-state index in [0.29, 0.717) is 23.8 Å². The summed E-state index contributed by atoms with van der Waals surface area (Å²) in [5.74, 6) is 0.138. The summed E-state index contributed by atoms with van der Waals surface area (Å²) in [5.41, 5.74) is 7.59. The Morgan fingerprint density at radius 2 is 2.18 bits per heavy atom. The van der Waals surface area contributed by atoms with Gasteiger partial charge in [0.2, 0.25) is 0 Å². The van der Waals surface area contributed by atoms with Crippen molar-refractivity contribution in [3.8, 4) is 0 Å². The van der Waals surface area contributed by atoms with Gasteiger partial charge in [-0.3, -0.25) is 0 Å². The molecule has 1 aromatic carbocycles. The lowest BCUT2D eigenvalue weighted by molar-refractivity contribution is 0.0527. The molecule has 0 aromatic heterocycles. The molecule has 0 atom stereocenters. The lowest BCUT2D eigenvalue weighted by Gasteiger charge is -2.13. The number of carbonyl (C=O) groups excluding carboxylic acids is 1. The summed E-state index contributed by atoms with van der Waals surface area (Å²) in [7, 11) is 0. The Balaban J connectivity index is 2.87. The van der Waals surface area contributed by atoms with Gasteiger partial charge in [0, 0.05) is 6.54 Å². The number of nitrogens with one attached hydrogen (secondary N) is 1. The SMILES string of the molecule is CCOC(=O)c1cccc(NCC(C)C)c1N. The second-order valence-electron chi connectivity index (χ2n) is 4.26. The van der Waals surface area contributed by atoms with Crippen molar-refractivity contribution < 1.29 is 9.53 Å². The highest BCUT2D eigenvalue weighted by Crippen LogP contribution is 2.23. The summed E-state index contributed by atoms with van der Waals surface area (Å²) in [5, 5.41) is 3.22. The lowest BCUT2D eigenvalue weighted by Crippen LogP contribution is -2.13. The molecule has 94 valence electrons. The molecule has 0 aliphatic carbocycles. The van der Waals surface area contributed by atoms with E-state index in [1.807, 2.05) is 6.07 Å². The molecule has 17 heavy (non-hydrogen) atoms. The average Bonchev–Trinajstić information content (AvgIpc) is 2.27. The number of ether oxygens (including phenoxy) is 1. The maximum Gasteiger partial charge on any atom is 0.340 e. The third-order valence-corrected chi connectivity index (χ3v) is 2.30. The van der Waals surface area contributed by atoms with Crippen LogP contribution in [0.25, 0.3) is 0 Å². The highest BCUT2D eigenvalue weighted by atomic mass is 16.5. The first-order valence-electron chi connectivity index (χ1n) is 5.85. The topological polar surface area (TPSA) is 64.3 Å². The Morgan fingerprint density at radius 3 is 2.76 bits per heavy atom. The van der Waals surface area contributed by atoms with E-state index in [0.717, 1.165) is 12.2 Å². The monoisotopic (exact) mass is 236 g/mol. The number of rotatable bonds is 5. The second kappa shape index (κ2) is 6.13. The first kappa shape index (κ1) is 13.4. The van der Waals surface area contributed by atoms with Gasteiger partial charge in [-0.25, -0.2) is 4.79 Å². The molecule has 0 saturated carbocycles. The van der Waals surface area contributed by atoms with E-state index >= 15 is 0 Å². The maximum absolute atomic E-state index is 11.6. The maximum atomic E-state index is 11.6. The molecule has 0 heterocycles. The van der Waals surface area contributed by atoms with Crippen molar-refractivity contribution in [1.29, 1.82) is 0 Å². The fraction of sp³-hybridized carbons (Fsp3) is 0.462. The third-order valence-electron chi connectivity index (χ3n) is 2.30. The molecule has 1 aromatic rings. The van der Waals surface area contributed by atoms with Crippen molar-refractivity contribution in [2.75, 3.05) is 24.2 Å². The molecule has 0 saturated heterocycles. The van der Waals surface area contributed by atoms with Crippen molar-refractivity contribution in [3.63, 3.8) is 0 Å². The van der Waals surface area contributed by atoms with Crippen molar-refractivity contribution in [2.45, 2.75) is 20.8 Å². The predicted molar refractivity (Wildman–Crippen MR) is 70.1 cm³/mol. The van der Waals surface area contributed by atoms with Crippen LogP contribution in [-0.4, -0.2) is 19.1 Å². The van der Waals surface area contributed by atoms with E-state index in [1.165, 1.54) is 0 Å². The predicted octanol–water partition coefficient (Wildman–Crippen LogP) is 2.51. The van der Waals surface area contributed by atoms with E-state index in [9.17, 15) is 4.79 Å². The first-order chi connectivity index (χ1) is 8.06. The molecule has 0 spiro atoms. The normalized spacial score (nSPS) is 10.4. The van der Waals surface area contributed by atoms with Crippen LogP contribution in [0.15, 0.2) is 18.2 Å². The van der Waals surface area contributed by atoms with Crippen LogP contribution in [0.5, 0.6) is 0 Å². The second-order valence-corrected chi connectivity index (χ2v) is 4.26. The van der Waals surface area contributed by atoms with Gasteiger partial charge in [-0.15, -0.1) is 0 Å². The van der Waals surface area contributed by atoms with E-state index in [4.69, 9.17) is 10.5 Å². The number of hydrogen-bond donors (Lipinski definition) is 2. The van der Waals surface area contributed by atoms with Crippen LogP contribution in [0.3, 0.4) is 0 Å². The molecule has 0 aliphatic heterocycles.